The number of nitrogens with zero attached hydrogens (tertiary/aromatic N) is 3. The number of hydrogen-bond donors (Lipinski definition) is 1. The molecule has 0 spiro atoms. The largest absolute Gasteiger partial charge is 0.359 e. The zero-order chi connectivity index (χ0) is 13.1. The van der Waals surface area contributed by atoms with Gasteiger partial charge in [-0.05, 0) is 50.0 Å². The Morgan fingerprint density at radius 1 is 1.56 bits per heavy atom. The number of pyridine rings is 1. The summed E-state index contributed by atoms with van der Waals surface area (Å²) in [6.07, 6.45) is 3.18. The van der Waals surface area contributed by atoms with Gasteiger partial charge in [-0.2, -0.15) is 0 Å². The van der Waals surface area contributed by atoms with E-state index in [4.69, 9.17) is 5.73 Å². The predicted molar refractivity (Wildman–Crippen MR) is 75.7 cm³/mol. The number of rotatable bonds is 4. The number of nitrogens with two attached hydrogens (primary N) is 1. The molecule has 0 bridgehead atoms. The zero-order valence-corrected chi connectivity index (χ0v) is 11.7. The molecule has 0 amide bonds. The molecule has 0 radical (unpaired) electrons. The Morgan fingerprint density at radius 3 is 2.89 bits per heavy atom. The quantitative estimate of drug-likeness (QED) is 0.870. The average Bonchev–Trinajstić information content (AvgIpc) is 2.74. The molecule has 1 saturated heterocycles. The van der Waals surface area contributed by atoms with Gasteiger partial charge in [0, 0.05) is 32.9 Å². The van der Waals surface area contributed by atoms with Gasteiger partial charge in [-0.15, -0.1) is 0 Å². The maximum absolute atomic E-state index is 5.63. The third kappa shape index (κ3) is 3.00. The van der Waals surface area contributed by atoms with Gasteiger partial charge in [0.2, 0.25) is 0 Å². The predicted octanol–water partition coefficient (Wildman–Crippen LogP) is 1.24. The normalized spacial score (nSPS) is 20.3. The minimum Gasteiger partial charge on any atom is -0.359 e. The van der Waals surface area contributed by atoms with Gasteiger partial charge >= 0.3 is 0 Å². The lowest BCUT2D eigenvalue weighted by Gasteiger charge is -2.24. The number of likely N-dealkylation sites (tertiary alicyclic amines) is 1. The molecule has 1 aliphatic heterocycles. The average molecular weight is 248 g/mol. The molecule has 0 aromatic carbocycles. The smallest absolute Gasteiger partial charge is 0.131 e. The summed E-state index contributed by atoms with van der Waals surface area (Å²) >= 11 is 0. The summed E-state index contributed by atoms with van der Waals surface area (Å²) in [5.74, 6) is 1.84. The Kier molecular flexibility index (Phi) is 4.19. The molecular formula is C14H24N4. The van der Waals surface area contributed by atoms with Crippen LogP contribution in [0.3, 0.4) is 0 Å². The molecule has 1 atom stereocenters. The van der Waals surface area contributed by atoms with Crippen LogP contribution in [-0.2, 0) is 6.54 Å². The maximum atomic E-state index is 5.63. The Labute approximate surface area is 110 Å². The molecule has 1 aliphatic rings. The first-order valence-electron chi connectivity index (χ1n) is 6.65. The summed E-state index contributed by atoms with van der Waals surface area (Å²) < 4.78 is 0. The summed E-state index contributed by atoms with van der Waals surface area (Å²) in [5, 5.41) is 0. The van der Waals surface area contributed by atoms with Crippen molar-refractivity contribution in [3.8, 4) is 0 Å². The van der Waals surface area contributed by atoms with Crippen LogP contribution in [0.2, 0.25) is 0 Å². The molecule has 0 saturated carbocycles. The van der Waals surface area contributed by atoms with Gasteiger partial charge in [0.1, 0.15) is 5.82 Å². The third-order valence-electron chi connectivity index (χ3n) is 3.73. The summed E-state index contributed by atoms with van der Waals surface area (Å²) in [6.45, 7) is 6.17. The van der Waals surface area contributed by atoms with Gasteiger partial charge in [0.15, 0.2) is 0 Å². The van der Waals surface area contributed by atoms with Crippen molar-refractivity contribution >= 4 is 5.82 Å². The lowest BCUT2D eigenvalue weighted by molar-refractivity contribution is 0.395. The van der Waals surface area contributed by atoms with Crippen LogP contribution in [0.4, 0.5) is 5.82 Å². The molecule has 1 unspecified atom stereocenters. The molecule has 0 aliphatic carbocycles. The van der Waals surface area contributed by atoms with Gasteiger partial charge in [0.05, 0.1) is 0 Å². The fourth-order valence-electron chi connectivity index (χ4n) is 2.79. The van der Waals surface area contributed by atoms with E-state index >= 15 is 0 Å². The van der Waals surface area contributed by atoms with E-state index in [0.717, 1.165) is 23.8 Å². The molecule has 4 nitrogen and oxygen atoms in total. The van der Waals surface area contributed by atoms with Crippen LogP contribution < -0.4 is 10.6 Å². The molecule has 1 fully saturated rings. The Morgan fingerprint density at radius 2 is 2.33 bits per heavy atom. The van der Waals surface area contributed by atoms with E-state index in [0.29, 0.717) is 6.54 Å². The van der Waals surface area contributed by atoms with E-state index < -0.39 is 0 Å². The summed E-state index contributed by atoms with van der Waals surface area (Å²) in [5.41, 5.74) is 7.95. The number of anilines is 1. The van der Waals surface area contributed by atoms with Crippen molar-refractivity contribution in [2.45, 2.75) is 19.9 Å². The molecule has 100 valence electrons. The molecule has 4 heteroatoms. The van der Waals surface area contributed by atoms with Crippen molar-refractivity contribution < 1.29 is 0 Å². The first kappa shape index (κ1) is 13.3. The number of aromatic nitrogens is 1. The SMILES string of the molecule is Cc1cc(CN)cnc1N(C)CC1CCN(C)C1. The van der Waals surface area contributed by atoms with Crippen molar-refractivity contribution in [1.82, 2.24) is 9.88 Å². The fraction of sp³-hybridized carbons (Fsp3) is 0.643. The Hall–Kier alpha value is -1.13. The minimum atomic E-state index is 0.561. The summed E-state index contributed by atoms with van der Waals surface area (Å²) in [6, 6.07) is 2.14. The molecule has 1 aromatic heterocycles. The highest BCUT2D eigenvalue weighted by Crippen LogP contribution is 2.21. The number of aryl methyl sites for hydroxylation is 1. The minimum absolute atomic E-state index is 0.561. The molecule has 18 heavy (non-hydrogen) atoms. The summed E-state index contributed by atoms with van der Waals surface area (Å²) in [7, 11) is 4.33. The van der Waals surface area contributed by atoms with Gasteiger partial charge < -0.3 is 15.5 Å². The molecule has 2 N–H and O–H groups in total. The van der Waals surface area contributed by atoms with Crippen LogP contribution >= 0.6 is 0 Å². The lowest BCUT2D eigenvalue weighted by atomic mass is 10.1. The maximum Gasteiger partial charge on any atom is 0.131 e. The highest BCUT2D eigenvalue weighted by atomic mass is 15.2. The van der Waals surface area contributed by atoms with Crippen LogP contribution in [0.15, 0.2) is 12.3 Å². The van der Waals surface area contributed by atoms with Crippen LogP contribution in [0.1, 0.15) is 17.5 Å². The van der Waals surface area contributed by atoms with Gasteiger partial charge in [-0.1, -0.05) is 0 Å². The van der Waals surface area contributed by atoms with Crippen LogP contribution in [0.25, 0.3) is 0 Å². The highest BCUT2D eigenvalue weighted by Gasteiger charge is 2.21. The van der Waals surface area contributed by atoms with Crippen molar-refractivity contribution in [2.75, 3.05) is 38.6 Å². The van der Waals surface area contributed by atoms with E-state index in [-0.39, 0.29) is 0 Å². The second-order valence-electron chi connectivity index (χ2n) is 5.49. The summed E-state index contributed by atoms with van der Waals surface area (Å²) in [4.78, 5) is 9.22. The van der Waals surface area contributed by atoms with Crippen molar-refractivity contribution in [2.24, 2.45) is 11.7 Å². The van der Waals surface area contributed by atoms with Gasteiger partial charge in [-0.3, -0.25) is 0 Å². The molecule has 2 rings (SSSR count). The van der Waals surface area contributed by atoms with Crippen LogP contribution in [0.5, 0.6) is 0 Å². The zero-order valence-electron chi connectivity index (χ0n) is 11.7. The lowest BCUT2D eigenvalue weighted by Crippen LogP contribution is -2.28. The fourth-order valence-corrected chi connectivity index (χ4v) is 2.79. The molecular weight excluding hydrogens is 224 g/mol. The van der Waals surface area contributed by atoms with Gasteiger partial charge in [-0.25, -0.2) is 4.98 Å². The van der Waals surface area contributed by atoms with Crippen LogP contribution in [-0.4, -0.2) is 43.6 Å². The van der Waals surface area contributed by atoms with Crippen LogP contribution in [0, 0.1) is 12.8 Å². The first-order valence-corrected chi connectivity index (χ1v) is 6.65. The Balaban J connectivity index is 2.02. The van der Waals surface area contributed by atoms with E-state index in [1.807, 2.05) is 6.20 Å². The van der Waals surface area contributed by atoms with E-state index in [9.17, 15) is 0 Å². The second-order valence-corrected chi connectivity index (χ2v) is 5.49. The molecule has 1 aromatic rings. The van der Waals surface area contributed by atoms with E-state index in [1.54, 1.807) is 0 Å². The highest BCUT2D eigenvalue weighted by molar-refractivity contribution is 5.46. The second kappa shape index (κ2) is 5.67. The van der Waals surface area contributed by atoms with Gasteiger partial charge in [0.25, 0.3) is 0 Å². The van der Waals surface area contributed by atoms with Crippen molar-refractivity contribution in [1.29, 1.82) is 0 Å². The van der Waals surface area contributed by atoms with E-state index in [2.05, 4.69) is 41.9 Å². The third-order valence-corrected chi connectivity index (χ3v) is 3.73. The Bertz CT molecular complexity index is 405. The number of hydrogen-bond acceptors (Lipinski definition) is 4. The van der Waals surface area contributed by atoms with E-state index in [1.165, 1.54) is 25.1 Å². The molecule has 2 heterocycles. The van der Waals surface area contributed by atoms with Crippen molar-refractivity contribution in [3.63, 3.8) is 0 Å². The monoisotopic (exact) mass is 248 g/mol. The topological polar surface area (TPSA) is 45.4 Å². The standard InChI is InChI=1S/C14H24N4/c1-11-6-13(7-15)8-16-14(11)18(3)10-12-4-5-17(2)9-12/h6,8,12H,4-5,7,9-10,15H2,1-3H3. The first-order chi connectivity index (χ1) is 8.60. The van der Waals surface area contributed by atoms with Crippen molar-refractivity contribution in [3.05, 3.63) is 23.4 Å².